The minimum absolute atomic E-state index is 0.276. The van der Waals surface area contributed by atoms with Gasteiger partial charge in [-0.05, 0) is 44.4 Å². The molecule has 0 saturated carbocycles. The van der Waals surface area contributed by atoms with Gasteiger partial charge in [-0.25, -0.2) is 0 Å². The van der Waals surface area contributed by atoms with E-state index < -0.39 is 0 Å². The molecule has 1 fully saturated rings. The van der Waals surface area contributed by atoms with Crippen LogP contribution in [0, 0.1) is 0 Å². The minimum Gasteiger partial charge on any atom is -0.467 e. The van der Waals surface area contributed by atoms with E-state index >= 15 is 0 Å². The number of nitrogens with zero attached hydrogens (tertiary/aromatic N) is 1. The maximum Gasteiger partial charge on any atom is 0.189 e. The predicted octanol–water partition coefficient (Wildman–Crippen LogP) is 1.87. The molecule has 1 atom stereocenters. The third-order valence-corrected chi connectivity index (χ3v) is 4.38. The first-order valence-corrected chi connectivity index (χ1v) is 7.74. The number of hydrogen-bond acceptors (Lipinski definition) is 5. The lowest BCUT2D eigenvalue weighted by Crippen LogP contribution is -2.29. The summed E-state index contributed by atoms with van der Waals surface area (Å²) in [7, 11) is 0. The molecule has 1 aromatic rings. The van der Waals surface area contributed by atoms with Crippen molar-refractivity contribution in [3.63, 3.8) is 0 Å². The zero-order valence-corrected chi connectivity index (χ0v) is 12.4. The number of fused-ring (bicyclic) bond motifs is 1. The Morgan fingerprint density at radius 1 is 1.38 bits per heavy atom. The van der Waals surface area contributed by atoms with Crippen LogP contribution in [0.15, 0.2) is 12.1 Å². The van der Waals surface area contributed by atoms with Gasteiger partial charge in [-0.2, -0.15) is 0 Å². The third kappa shape index (κ3) is 3.31. The predicted molar refractivity (Wildman–Crippen MR) is 80.9 cm³/mol. The van der Waals surface area contributed by atoms with Gasteiger partial charge in [0, 0.05) is 36.0 Å². The average Bonchev–Trinajstić information content (AvgIpc) is 2.92. The van der Waals surface area contributed by atoms with Crippen molar-refractivity contribution < 1.29 is 14.6 Å². The van der Waals surface area contributed by atoms with Crippen LogP contribution in [0.1, 0.15) is 36.8 Å². The number of anilines is 1. The first kappa shape index (κ1) is 14.6. The van der Waals surface area contributed by atoms with E-state index in [0.29, 0.717) is 19.4 Å². The molecule has 0 aromatic heterocycles. The zero-order chi connectivity index (χ0) is 14.7. The van der Waals surface area contributed by atoms with Gasteiger partial charge in [0.2, 0.25) is 0 Å². The Bertz CT molecular complexity index is 493. The van der Waals surface area contributed by atoms with Gasteiger partial charge in [0.1, 0.15) is 5.75 Å². The van der Waals surface area contributed by atoms with E-state index in [2.05, 4.69) is 4.90 Å². The maximum atomic E-state index is 9.03. The molecule has 0 radical (unpaired) electrons. The molecule has 0 amide bonds. The number of aliphatic hydroxyl groups is 1. The lowest BCUT2D eigenvalue weighted by atomic mass is 10.0. The van der Waals surface area contributed by atoms with E-state index in [0.717, 1.165) is 48.5 Å². The van der Waals surface area contributed by atoms with Crippen molar-refractivity contribution in [1.29, 1.82) is 0 Å². The van der Waals surface area contributed by atoms with Crippen molar-refractivity contribution in [2.45, 2.75) is 44.9 Å². The van der Waals surface area contributed by atoms with Gasteiger partial charge in [-0.3, -0.25) is 4.90 Å². The van der Waals surface area contributed by atoms with Gasteiger partial charge in [0.25, 0.3) is 0 Å². The molecular weight excluding hydrogens is 268 g/mol. The molecule has 0 spiro atoms. The molecule has 2 aliphatic heterocycles. The summed E-state index contributed by atoms with van der Waals surface area (Å²) in [4.78, 5) is 2.49. The molecule has 0 bridgehead atoms. The van der Waals surface area contributed by atoms with Crippen LogP contribution < -0.4 is 10.5 Å². The second kappa shape index (κ2) is 6.64. The van der Waals surface area contributed by atoms with Gasteiger partial charge < -0.3 is 20.3 Å². The molecule has 5 heteroatoms. The molecule has 1 saturated heterocycles. The molecule has 0 aliphatic carbocycles. The van der Waals surface area contributed by atoms with E-state index in [1.807, 2.05) is 12.1 Å². The van der Waals surface area contributed by atoms with Crippen molar-refractivity contribution in [2.75, 3.05) is 25.7 Å². The highest BCUT2D eigenvalue weighted by molar-refractivity contribution is 5.53. The molecule has 3 N–H and O–H groups in total. The first-order chi connectivity index (χ1) is 10.3. The van der Waals surface area contributed by atoms with Crippen LogP contribution in [0.3, 0.4) is 0 Å². The topological polar surface area (TPSA) is 68.0 Å². The summed E-state index contributed by atoms with van der Waals surface area (Å²) in [5.74, 6) is 0.947. The largest absolute Gasteiger partial charge is 0.467 e. The summed E-state index contributed by atoms with van der Waals surface area (Å²) in [6, 6.07) is 4.52. The van der Waals surface area contributed by atoms with Crippen LogP contribution in [-0.4, -0.2) is 36.0 Å². The van der Waals surface area contributed by atoms with Crippen LogP contribution in [0.2, 0.25) is 0 Å². The summed E-state index contributed by atoms with van der Waals surface area (Å²) in [5, 5.41) is 9.03. The fourth-order valence-electron chi connectivity index (χ4n) is 3.42. The highest BCUT2D eigenvalue weighted by atomic mass is 16.7. The lowest BCUT2D eigenvalue weighted by molar-refractivity contribution is -0.0174. The van der Waals surface area contributed by atoms with E-state index in [1.54, 1.807) is 0 Å². The second-order valence-electron chi connectivity index (χ2n) is 5.91. The van der Waals surface area contributed by atoms with Crippen molar-refractivity contribution in [3.05, 3.63) is 23.3 Å². The number of nitrogens with two attached hydrogens (primary N) is 1. The number of ether oxygens (including phenoxy) is 2. The summed E-state index contributed by atoms with van der Waals surface area (Å²) < 4.78 is 11.0. The summed E-state index contributed by atoms with van der Waals surface area (Å²) in [6.07, 6.45) is 4.38. The Hall–Kier alpha value is -1.30. The maximum absolute atomic E-state index is 9.03. The second-order valence-corrected chi connectivity index (χ2v) is 5.91. The van der Waals surface area contributed by atoms with Gasteiger partial charge in [0.15, 0.2) is 6.79 Å². The molecule has 2 aliphatic rings. The highest BCUT2D eigenvalue weighted by Crippen LogP contribution is 2.33. The van der Waals surface area contributed by atoms with E-state index in [4.69, 9.17) is 20.3 Å². The van der Waals surface area contributed by atoms with Crippen LogP contribution in [0.25, 0.3) is 0 Å². The van der Waals surface area contributed by atoms with Crippen molar-refractivity contribution in [2.24, 2.45) is 0 Å². The molecule has 5 nitrogen and oxygen atoms in total. The van der Waals surface area contributed by atoms with E-state index in [1.165, 1.54) is 12.8 Å². The smallest absolute Gasteiger partial charge is 0.189 e. The lowest BCUT2D eigenvalue weighted by Gasteiger charge is -2.27. The number of aliphatic hydroxyl groups excluding tert-OH is 1. The third-order valence-electron chi connectivity index (χ3n) is 4.38. The normalized spacial score (nSPS) is 22.0. The molecule has 116 valence electrons. The van der Waals surface area contributed by atoms with E-state index in [9.17, 15) is 0 Å². The number of likely N-dealkylation sites (tertiary alicyclic amines) is 1. The Balaban J connectivity index is 1.76. The Morgan fingerprint density at radius 2 is 2.29 bits per heavy atom. The van der Waals surface area contributed by atoms with Crippen LogP contribution in [0.5, 0.6) is 5.75 Å². The number of hydrogen-bond donors (Lipinski definition) is 2. The van der Waals surface area contributed by atoms with Gasteiger partial charge in [-0.15, -0.1) is 0 Å². The van der Waals surface area contributed by atoms with E-state index in [-0.39, 0.29) is 6.61 Å². The van der Waals surface area contributed by atoms with Crippen LogP contribution >= 0.6 is 0 Å². The van der Waals surface area contributed by atoms with Crippen LogP contribution in [-0.2, 0) is 17.9 Å². The first-order valence-electron chi connectivity index (χ1n) is 7.74. The van der Waals surface area contributed by atoms with Crippen molar-refractivity contribution in [1.82, 2.24) is 4.90 Å². The molecular formula is C16H24N2O3. The molecule has 21 heavy (non-hydrogen) atoms. The standard InChI is InChI=1S/C16H24N2O3/c17-14-7-12(16-13(8-14)10-20-11-21-16)9-18-5-1-3-15(18)4-2-6-19/h7-8,15,19H,1-6,9-11,17H2. The number of nitrogen functional groups attached to an aromatic ring is 1. The van der Waals surface area contributed by atoms with Gasteiger partial charge >= 0.3 is 0 Å². The zero-order valence-electron chi connectivity index (χ0n) is 12.4. The fourth-order valence-corrected chi connectivity index (χ4v) is 3.42. The highest BCUT2D eigenvalue weighted by Gasteiger charge is 2.26. The van der Waals surface area contributed by atoms with Gasteiger partial charge in [-0.1, -0.05) is 0 Å². The molecule has 3 rings (SSSR count). The summed E-state index contributed by atoms with van der Waals surface area (Å²) >= 11 is 0. The molecule has 2 heterocycles. The Morgan fingerprint density at radius 3 is 3.14 bits per heavy atom. The average molecular weight is 292 g/mol. The number of benzene rings is 1. The molecule has 1 unspecified atom stereocenters. The van der Waals surface area contributed by atoms with Gasteiger partial charge in [0.05, 0.1) is 6.61 Å². The monoisotopic (exact) mass is 292 g/mol. The van der Waals surface area contributed by atoms with Crippen LogP contribution in [0.4, 0.5) is 5.69 Å². The SMILES string of the molecule is Nc1cc2c(c(CN3CCCC3CCCO)c1)OCOC2. The van der Waals surface area contributed by atoms with Crippen molar-refractivity contribution in [3.8, 4) is 5.75 Å². The minimum atomic E-state index is 0.276. The Labute approximate surface area is 125 Å². The summed E-state index contributed by atoms with van der Waals surface area (Å²) in [5.41, 5.74) is 8.98. The Kier molecular flexibility index (Phi) is 4.63. The number of rotatable bonds is 5. The van der Waals surface area contributed by atoms with Crippen molar-refractivity contribution >= 4 is 5.69 Å². The summed E-state index contributed by atoms with van der Waals surface area (Å²) in [6.45, 7) is 3.14. The quantitative estimate of drug-likeness (QED) is 0.811. The molecule has 1 aromatic carbocycles. The fraction of sp³-hybridized carbons (Fsp3) is 0.625.